The molecule has 0 aliphatic carbocycles. The summed E-state index contributed by atoms with van der Waals surface area (Å²) in [6, 6.07) is 7.35. The molecule has 3 rings (SSSR count). The molecular formula is C13H14N2O2S. The molecule has 5 heteroatoms. The number of sulfone groups is 1. The number of aromatic nitrogens is 1. The van der Waals surface area contributed by atoms with Gasteiger partial charge in [0, 0.05) is 11.9 Å². The molecule has 1 aliphatic rings. The summed E-state index contributed by atoms with van der Waals surface area (Å²) >= 11 is 0. The highest BCUT2D eigenvalue weighted by Gasteiger charge is 2.27. The molecule has 18 heavy (non-hydrogen) atoms. The Kier molecular flexibility index (Phi) is 2.52. The van der Waals surface area contributed by atoms with Crippen molar-refractivity contribution in [3.63, 3.8) is 0 Å². The van der Waals surface area contributed by atoms with Crippen molar-refractivity contribution in [3.8, 4) is 0 Å². The van der Waals surface area contributed by atoms with Crippen molar-refractivity contribution in [2.24, 2.45) is 5.92 Å². The van der Waals surface area contributed by atoms with Crippen LogP contribution in [0.25, 0.3) is 10.9 Å². The second kappa shape index (κ2) is 3.95. The van der Waals surface area contributed by atoms with E-state index in [2.05, 4.69) is 10.3 Å². The lowest BCUT2D eigenvalue weighted by Gasteiger charge is -2.09. The average molecular weight is 262 g/mol. The molecule has 0 saturated carbocycles. The first kappa shape index (κ1) is 11.5. The van der Waals surface area contributed by atoms with E-state index in [-0.39, 0.29) is 11.7 Å². The van der Waals surface area contributed by atoms with Crippen LogP contribution in [0.5, 0.6) is 0 Å². The lowest BCUT2D eigenvalue weighted by atomic mass is 10.2. The van der Waals surface area contributed by atoms with E-state index in [1.165, 1.54) is 0 Å². The maximum atomic E-state index is 12.4. The second-order valence-electron chi connectivity index (χ2n) is 4.79. The first-order valence-corrected chi connectivity index (χ1v) is 7.57. The summed E-state index contributed by atoms with van der Waals surface area (Å²) in [7, 11) is -3.26. The second-order valence-corrected chi connectivity index (χ2v) is 6.76. The van der Waals surface area contributed by atoms with Crippen LogP contribution in [0.2, 0.25) is 0 Å². The SMILES string of the molecule is CC1CNc2cnc3ccccc3c2S(=O)(=O)C1. The predicted octanol–water partition coefficient (Wildman–Crippen LogP) is 2.07. The molecule has 0 bridgehead atoms. The molecule has 1 aromatic carbocycles. The van der Waals surface area contributed by atoms with Crippen molar-refractivity contribution < 1.29 is 8.42 Å². The maximum Gasteiger partial charge on any atom is 0.181 e. The van der Waals surface area contributed by atoms with E-state index >= 15 is 0 Å². The van der Waals surface area contributed by atoms with Crippen LogP contribution < -0.4 is 5.32 Å². The van der Waals surface area contributed by atoms with E-state index < -0.39 is 9.84 Å². The zero-order chi connectivity index (χ0) is 12.8. The van der Waals surface area contributed by atoms with Crippen molar-refractivity contribution in [1.82, 2.24) is 4.98 Å². The van der Waals surface area contributed by atoms with E-state index in [1.807, 2.05) is 31.2 Å². The summed E-state index contributed by atoms with van der Waals surface area (Å²) in [5, 5.41) is 3.89. The molecule has 4 nitrogen and oxygen atoms in total. The Morgan fingerprint density at radius 1 is 1.33 bits per heavy atom. The third kappa shape index (κ3) is 1.75. The third-order valence-electron chi connectivity index (χ3n) is 3.18. The fraction of sp³-hybridized carbons (Fsp3) is 0.308. The third-order valence-corrected chi connectivity index (χ3v) is 5.25. The van der Waals surface area contributed by atoms with Gasteiger partial charge in [-0.15, -0.1) is 0 Å². The molecule has 0 amide bonds. The average Bonchev–Trinajstić information content (AvgIpc) is 2.45. The number of benzene rings is 1. The van der Waals surface area contributed by atoms with Gasteiger partial charge in [-0.2, -0.15) is 0 Å². The van der Waals surface area contributed by atoms with Crippen molar-refractivity contribution in [1.29, 1.82) is 0 Å². The van der Waals surface area contributed by atoms with Crippen LogP contribution in [-0.2, 0) is 9.84 Å². The fourth-order valence-corrected chi connectivity index (χ4v) is 4.38. The minimum Gasteiger partial charge on any atom is -0.382 e. The number of pyridine rings is 1. The Hall–Kier alpha value is -1.62. The van der Waals surface area contributed by atoms with E-state index in [1.54, 1.807) is 6.20 Å². The van der Waals surface area contributed by atoms with Crippen LogP contribution in [0.1, 0.15) is 6.92 Å². The molecule has 1 atom stereocenters. The Bertz CT molecular complexity index is 710. The number of nitrogens with one attached hydrogen (secondary N) is 1. The Balaban J connectivity index is 2.38. The Morgan fingerprint density at radius 2 is 2.11 bits per heavy atom. The molecular weight excluding hydrogens is 248 g/mol. The largest absolute Gasteiger partial charge is 0.382 e. The summed E-state index contributed by atoms with van der Waals surface area (Å²) in [4.78, 5) is 4.70. The van der Waals surface area contributed by atoms with Gasteiger partial charge in [0.15, 0.2) is 9.84 Å². The van der Waals surface area contributed by atoms with Crippen LogP contribution in [0.3, 0.4) is 0 Å². The zero-order valence-electron chi connectivity index (χ0n) is 10.1. The van der Waals surface area contributed by atoms with Gasteiger partial charge < -0.3 is 5.32 Å². The van der Waals surface area contributed by atoms with Gasteiger partial charge in [0.05, 0.1) is 23.2 Å². The molecule has 0 fully saturated rings. The van der Waals surface area contributed by atoms with Gasteiger partial charge >= 0.3 is 0 Å². The van der Waals surface area contributed by atoms with Crippen LogP contribution in [0, 0.1) is 5.92 Å². The highest BCUT2D eigenvalue weighted by molar-refractivity contribution is 7.91. The van der Waals surface area contributed by atoms with Crippen LogP contribution in [0.15, 0.2) is 35.4 Å². The van der Waals surface area contributed by atoms with Crippen molar-refractivity contribution in [2.75, 3.05) is 17.6 Å². The summed E-state index contributed by atoms with van der Waals surface area (Å²) in [6.45, 7) is 2.60. The first-order chi connectivity index (χ1) is 8.58. The Morgan fingerprint density at radius 3 is 2.94 bits per heavy atom. The van der Waals surface area contributed by atoms with Crippen LogP contribution >= 0.6 is 0 Å². The minimum atomic E-state index is -3.26. The van der Waals surface area contributed by atoms with Crippen LogP contribution in [-0.4, -0.2) is 25.7 Å². The summed E-state index contributed by atoms with van der Waals surface area (Å²) in [5.74, 6) is 0.280. The van der Waals surface area contributed by atoms with Crippen molar-refractivity contribution in [2.45, 2.75) is 11.8 Å². The van der Waals surface area contributed by atoms with E-state index in [4.69, 9.17) is 0 Å². The van der Waals surface area contributed by atoms with Crippen molar-refractivity contribution in [3.05, 3.63) is 30.5 Å². The fourth-order valence-electron chi connectivity index (χ4n) is 2.38. The molecule has 94 valence electrons. The molecule has 1 N–H and O–H groups in total. The number of fused-ring (bicyclic) bond motifs is 3. The highest BCUT2D eigenvalue weighted by Crippen LogP contribution is 2.32. The molecule has 0 saturated heterocycles. The van der Waals surface area contributed by atoms with Gasteiger partial charge in [-0.3, -0.25) is 4.98 Å². The molecule has 1 aliphatic heterocycles. The Labute approximate surface area is 106 Å². The number of rotatable bonds is 0. The van der Waals surface area contributed by atoms with Gasteiger partial charge in [-0.1, -0.05) is 25.1 Å². The normalized spacial score (nSPS) is 21.9. The lowest BCUT2D eigenvalue weighted by molar-refractivity contribution is 0.583. The predicted molar refractivity (Wildman–Crippen MR) is 71.4 cm³/mol. The topological polar surface area (TPSA) is 59.1 Å². The molecule has 1 aromatic heterocycles. The molecule has 2 heterocycles. The highest BCUT2D eigenvalue weighted by atomic mass is 32.2. The van der Waals surface area contributed by atoms with Gasteiger partial charge in [0.2, 0.25) is 0 Å². The lowest BCUT2D eigenvalue weighted by Crippen LogP contribution is -2.15. The number of hydrogen-bond acceptors (Lipinski definition) is 4. The standard InChI is InChI=1S/C13H14N2O2S/c1-9-6-14-12-7-15-11-5-3-2-4-10(11)13(12)18(16,17)8-9/h2-5,7,9,14H,6,8H2,1H3. The molecule has 1 unspecified atom stereocenters. The summed E-state index contributed by atoms with van der Waals surface area (Å²) in [6.07, 6.45) is 1.62. The number of anilines is 1. The number of nitrogens with zero attached hydrogens (tertiary/aromatic N) is 1. The van der Waals surface area contributed by atoms with Gasteiger partial charge in [0.25, 0.3) is 0 Å². The summed E-state index contributed by atoms with van der Waals surface area (Å²) < 4.78 is 24.9. The van der Waals surface area contributed by atoms with Crippen LogP contribution in [0.4, 0.5) is 5.69 Å². The molecule has 2 aromatic rings. The minimum absolute atomic E-state index is 0.0983. The first-order valence-electron chi connectivity index (χ1n) is 5.92. The number of hydrogen-bond donors (Lipinski definition) is 1. The molecule has 0 radical (unpaired) electrons. The quantitative estimate of drug-likeness (QED) is 0.789. The summed E-state index contributed by atoms with van der Waals surface area (Å²) in [5.41, 5.74) is 1.34. The van der Waals surface area contributed by atoms with Crippen molar-refractivity contribution >= 4 is 26.4 Å². The maximum absolute atomic E-state index is 12.4. The smallest absolute Gasteiger partial charge is 0.181 e. The van der Waals surface area contributed by atoms with E-state index in [0.717, 1.165) is 5.52 Å². The van der Waals surface area contributed by atoms with Gasteiger partial charge in [0.1, 0.15) is 4.90 Å². The zero-order valence-corrected chi connectivity index (χ0v) is 10.9. The molecule has 0 spiro atoms. The van der Waals surface area contributed by atoms with Gasteiger partial charge in [-0.25, -0.2) is 8.42 Å². The number of para-hydroxylation sites is 1. The van der Waals surface area contributed by atoms with E-state index in [9.17, 15) is 8.42 Å². The monoisotopic (exact) mass is 262 g/mol. The van der Waals surface area contributed by atoms with Gasteiger partial charge in [-0.05, 0) is 12.0 Å². The van der Waals surface area contributed by atoms with E-state index in [0.29, 0.717) is 22.5 Å².